The van der Waals surface area contributed by atoms with Gasteiger partial charge in [-0.2, -0.15) is 0 Å². The summed E-state index contributed by atoms with van der Waals surface area (Å²) in [6, 6.07) is 0. The summed E-state index contributed by atoms with van der Waals surface area (Å²) >= 11 is 0. The minimum atomic E-state index is -1.00. The molecule has 14 heavy (non-hydrogen) atoms. The number of likely N-dealkylation sites (N-methyl/N-ethyl adjacent to an activating group) is 2. The molecule has 0 aromatic carbocycles. The third-order valence-electron chi connectivity index (χ3n) is 0.931. The number of carboxylic acid groups (broad SMARTS) is 2. The Labute approximate surface area is 83.7 Å². The van der Waals surface area contributed by atoms with Crippen LogP contribution in [0.15, 0.2) is 0 Å². The molecule has 0 unspecified atom stereocenters. The average molecular weight is 206 g/mol. The predicted octanol–water partition coefficient (Wildman–Crippen LogP) is -2.27. The van der Waals surface area contributed by atoms with Crippen molar-refractivity contribution in [1.82, 2.24) is 5.32 Å². The van der Waals surface area contributed by atoms with Gasteiger partial charge in [0.15, 0.2) is 0 Å². The van der Waals surface area contributed by atoms with E-state index in [0.717, 1.165) is 0 Å². The predicted molar refractivity (Wildman–Crippen MR) is 49.5 cm³/mol. The molecule has 0 aromatic rings. The van der Waals surface area contributed by atoms with Gasteiger partial charge >= 0.3 is 5.97 Å². The lowest BCUT2D eigenvalue weighted by atomic mass is 10.5. The number of carbonyl (C=O) groups excluding carboxylic acids is 1. The standard InChI is InChI=1S/C5H11NO2.C3H7NO2/c1-6(2,3)4-5(7)8;1-4-2-3(5)6/h4H2,1-3H3;4H,2H2,1H3,(H,5,6). The third kappa shape index (κ3) is 22.4. The normalized spacial score (nSPS) is 10.0. The van der Waals surface area contributed by atoms with Crippen molar-refractivity contribution < 1.29 is 24.3 Å². The first kappa shape index (κ1) is 15.3. The molecule has 0 saturated heterocycles. The highest BCUT2D eigenvalue weighted by atomic mass is 16.4. The zero-order valence-corrected chi connectivity index (χ0v) is 9.03. The van der Waals surface area contributed by atoms with E-state index in [1.165, 1.54) is 0 Å². The summed E-state index contributed by atoms with van der Waals surface area (Å²) in [5, 5.41) is 20.2. The second kappa shape index (κ2) is 7.28. The van der Waals surface area contributed by atoms with Crippen LogP contribution in [0.4, 0.5) is 0 Å². The number of rotatable bonds is 4. The number of nitrogens with one attached hydrogen (secondary N) is 1. The van der Waals surface area contributed by atoms with Crippen LogP contribution in [-0.2, 0) is 9.59 Å². The van der Waals surface area contributed by atoms with E-state index < -0.39 is 11.9 Å². The summed E-state index contributed by atoms with van der Waals surface area (Å²) < 4.78 is 0.419. The topological polar surface area (TPSA) is 89.5 Å². The van der Waals surface area contributed by atoms with Gasteiger partial charge in [0, 0.05) is 0 Å². The summed E-state index contributed by atoms with van der Waals surface area (Å²) in [6.07, 6.45) is 0. The van der Waals surface area contributed by atoms with E-state index in [1.54, 1.807) is 28.2 Å². The van der Waals surface area contributed by atoms with Crippen molar-refractivity contribution in [2.24, 2.45) is 0 Å². The maximum Gasteiger partial charge on any atom is 0.317 e. The molecule has 0 fully saturated rings. The number of aliphatic carboxylic acids is 2. The second-order valence-corrected chi connectivity index (χ2v) is 3.74. The van der Waals surface area contributed by atoms with Gasteiger partial charge in [0.2, 0.25) is 0 Å². The Kier molecular flexibility index (Phi) is 7.98. The first-order chi connectivity index (χ1) is 6.19. The summed E-state index contributed by atoms with van der Waals surface area (Å²) in [7, 11) is 7.00. The second-order valence-electron chi connectivity index (χ2n) is 3.74. The molecule has 0 aliphatic heterocycles. The van der Waals surface area contributed by atoms with Gasteiger partial charge in [-0.1, -0.05) is 0 Å². The highest BCUT2D eigenvalue weighted by Crippen LogP contribution is 1.84. The van der Waals surface area contributed by atoms with Crippen molar-refractivity contribution in [3.05, 3.63) is 0 Å². The number of quaternary nitrogens is 1. The molecule has 0 bridgehead atoms. The molecule has 0 atom stereocenters. The molecule has 0 aliphatic carbocycles. The van der Waals surface area contributed by atoms with Gasteiger partial charge in [0.25, 0.3) is 0 Å². The fourth-order valence-electron chi connectivity index (χ4n) is 0.539. The number of carboxylic acids is 2. The Balaban J connectivity index is 0. The number of hydrogen-bond donors (Lipinski definition) is 2. The first-order valence-corrected chi connectivity index (χ1v) is 4.05. The van der Waals surface area contributed by atoms with Crippen LogP contribution in [0.2, 0.25) is 0 Å². The van der Waals surface area contributed by atoms with Gasteiger partial charge in [0.1, 0.15) is 6.54 Å². The molecule has 2 N–H and O–H groups in total. The largest absolute Gasteiger partial charge is 0.544 e. The fourth-order valence-corrected chi connectivity index (χ4v) is 0.539. The Morgan fingerprint density at radius 2 is 1.79 bits per heavy atom. The van der Waals surface area contributed by atoms with Crippen LogP contribution in [0.1, 0.15) is 0 Å². The van der Waals surface area contributed by atoms with Crippen molar-refractivity contribution in [3.8, 4) is 0 Å². The molecule has 0 amide bonds. The molecule has 6 heteroatoms. The minimum Gasteiger partial charge on any atom is -0.544 e. The van der Waals surface area contributed by atoms with Crippen molar-refractivity contribution in [2.45, 2.75) is 0 Å². The van der Waals surface area contributed by atoms with E-state index in [1.807, 2.05) is 0 Å². The zero-order valence-electron chi connectivity index (χ0n) is 9.03. The van der Waals surface area contributed by atoms with Crippen LogP contribution in [0.3, 0.4) is 0 Å². The maximum absolute atomic E-state index is 9.89. The number of nitrogens with zero attached hydrogens (tertiary/aromatic N) is 1. The van der Waals surface area contributed by atoms with Gasteiger partial charge in [-0.25, -0.2) is 0 Å². The Morgan fingerprint density at radius 1 is 1.36 bits per heavy atom. The van der Waals surface area contributed by atoms with Crippen molar-refractivity contribution in [1.29, 1.82) is 0 Å². The smallest absolute Gasteiger partial charge is 0.317 e. The van der Waals surface area contributed by atoms with Crippen molar-refractivity contribution >= 4 is 11.9 Å². The fraction of sp³-hybridized carbons (Fsp3) is 0.750. The summed E-state index contributed by atoms with van der Waals surface area (Å²) in [4.78, 5) is 19.4. The summed E-state index contributed by atoms with van der Waals surface area (Å²) in [5.41, 5.74) is 0. The average Bonchev–Trinajstić information content (AvgIpc) is 1.80. The molecule has 0 radical (unpaired) electrons. The summed E-state index contributed by atoms with van der Waals surface area (Å²) in [5.74, 6) is -1.82. The summed E-state index contributed by atoms with van der Waals surface area (Å²) in [6.45, 7) is 0.111. The van der Waals surface area contributed by atoms with E-state index >= 15 is 0 Å². The van der Waals surface area contributed by atoms with Crippen LogP contribution >= 0.6 is 0 Å². The minimum absolute atomic E-state index is 0.0417. The molecule has 84 valence electrons. The van der Waals surface area contributed by atoms with Gasteiger partial charge in [-0.3, -0.25) is 4.79 Å². The van der Waals surface area contributed by atoms with E-state index in [-0.39, 0.29) is 13.1 Å². The Morgan fingerprint density at radius 3 is 1.79 bits per heavy atom. The number of hydrogen-bond acceptors (Lipinski definition) is 4. The van der Waals surface area contributed by atoms with Gasteiger partial charge in [-0.05, 0) is 7.05 Å². The highest BCUT2D eigenvalue weighted by molar-refractivity contribution is 5.68. The SMILES string of the molecule is CNCC(=O)O.C[N+](C)(C)CC(=O)[O-]. The van der Waals surface area contributed by atoms with Crippen molar-refractivity contribution in [2.75, 3.05) is 41.3 Å². The zero-order chi connectivity index (χ0) is 11.8. The molecular formula is C8H18N2O4. The molecule has 0 aliphatic rings. The molecule has 0 rings (SSSR count). The Bertz CT molecular complexity index is 186. The number of carbonyl (C=O) groups is 2. The van der Waals surface area contributed by atoms with Crippen LogP contribution in [0.5, 0.6) is 0 Å². The quantitative estimate of drug-likeness (QED) is 0.506. The van der Waals surface area contributed by atoms with Crippen LogP contribution in [-0.4, -0.2) is 62.8 Å². The van der Waals surface area contributed by atoms with Crippen LogP contribution < -0.4 is 10.4 Å². The maximum atomic E-state index is 9.89. The van der Waals surface area contributed by atoms with Gasteiger partial charge in [-0.15, -0.1) is 0 Å². The van der Waals surface area contributed by atoms with E-state index in [0.29, 0.717) is 4.48 Å². The van der Waals surface area contributed by atoms with Crippen LogP contribution in [0, 0.1) is 0 Å². The molecule has 0 saturated carbocycles. The molecule has 0 spiro atoms. The lowest BCUT2D eigenvalue weighted by Crippen LogP contribution is -2.45. The van der Waals surface area contributed by atoms with E-state index in [2.05, 4.69) is 5.32 Å². The lowest BCUT2D eigenvalue weighted by molar-refractivity contribution is -0.864. The highest BCUT2D eigenvalue weighted by Gasteiger charge is 2.04. The molecule has 0 heterocycles. The third-order valence-corrected chi connectivity index (χ3v) is 0.931. The van der Waals surface area contributed by atoms with Crippen molar-refractivity contribution in [3.63, 3.8) is 0 Å². The molecular weight excluding hydrogens is 188 g/mol. The Hall–Kier alpha value is -1.14. The van der Waals surface area contributed by atoms with E-state index in [4.69, 9.17) is 5.11 Å². The first-order valence-electron chi connectivity index (χ1n) is 4.05. The monoisotopic (exact) mass is 206 g/mol. The van der Waals surface area contributed by atoms with Gasteiger partial charge in [0.05, 0.1) is 33.7 Å². The van der Waals surface area contributed by atoms with Crippen LogP contribution in [0.25, 0.3) is 0 Å². The lowest BCUT2D eigenvalue weighted by Gasteiger charge is -2.23. The van der Waals surface area contributed by atoms with Gasteiger partial charge < -0.3 is 24.8 Å². The molecule has 6 nitrogen and oxygen atoms in total. The molecule has 0 aromatic heterocycles. The van der Waals surface area contributed by atoms with E-state index in [9.17, 15) is 14.7 Å².